The van der Waals surface area contributed by atoms with E-state index in [1.165, 1.54) is 5.56 Å². The molecule has 0 bridgehead atoms. The predicted molar refractivity (Wildman–Crippen MR) is 128 cm³/mol. The highest BCUT2D eigenvalue weighted by atomic mass is 16.6. The van der Waals surface area contributed by atoms with Crippen molar-refractivity contribution in [2.24, 2.45) is 0 Å². The molecule has 1 N–H and O–H groups in total. The van der Waals surface area contributed by atoms with Crippen LogP contribution in [0.5, 0.6) is 0 Å². The van der Waals surface area contributed by atoms with E-state index < -0.39 is 4.92 Å². The quantitative estimate of drug-likeness (QED) is 0.393. The molecule has 0 saturated carbocycles. The number of rotatable bonds is 9. The second kappa shape index (κ2) is 10.4. The molecule has 0 radical (unpaired) electrons. The average Bonchev–Trinajstić information content (AvgIpc) is 3.07. The molecule has 1 heterocycles. The molecule has 0 aliphatic carbocycles. The first-order chi connectivity index (χ1) is 15.7. The normalized spacial score (nSPS) is 12.1. The summed E-state index contributed by atoms with van der Waals surface area (Å²) in [6.45, 7) is 6.35. The molecule has 0 saturated heterocycles. The Morgan fingerprint density at radius 3 is 2.21 bits per heavy atom. The summed E-state index contributed by atoms with van der Waals surface area (Å²) < 4.78 is 1.62. The minimum atomic E-state index is -0.402. The molecule has 1 aromatic heterocycles. The predicted octanol–water partition coefficient (Wildman–Crippen LogP) is 4.05. The van der Waals surface area contributed by atoms with Gasteiger partial charge in [-0.05, 0) is 63.2 Å². The van der Waals surface area contributed by atoms with Crippen molar-refractivity contribution in [3.05, 3.63) is 92.3 Å². The maximum Gasteiger partial charge on any atom is 0.312 e. The summed E-state index contributed by atoms with van der Waals surface area (Å²) in [5, 5.41) is 18.5. The van der Waals surface area contributed by atoms with Crippen molar-refractivity contribution in [1.82, 2.24) is 20.0 Å². The standard InChI is InChI=1S/C25H31N5O3/c1-6-19-7-11-21(12-8-19)23(28(4)5)15-26-25(31)22-13-9-20(10-14-22)16-29-18(3)24(30(32)33)17(2)27-29/h7-14,23H,6,15-16H2,1-5H3,(H,26,31). The first-order valence-electron chi connectivity index (χ1n) is 11.0. The summed E-state index contributed by atoms with van der Waals surface area (Å²) in [4.78, 5) is 25.6. The number of hydrogen-bond donors (Lipinski definition) is 1. The van der Waals surface area contributed by atoms with E-state index in [1.807, 2.05) is 26.2 Å². The van der Waals surface area contributed by atoms with Crippen molar-refractivity contribution in [2.75, 3.05) is 20.6 Å². The average molecular weight is 450 g/mol. The van der Waals surface area contributed by atoms with Crippen LogP contribution in [0.2, 0.25) is 0 Å². The lowest BCUT2D eigenvalue weighted by atomic mass is 10.0. The van der Waals surface area contributed by atoms with Gasteiger partial charge in [0.2, 0.25) is 0 Å². The lowest BCUT2D eigenvalue weighted by Crippen LogP contribution is -2.34. The van der Waals surface area contributed by atoms with Crippen LogP contribution >= 0.6 is 0 Å². The molecule has 2 aromatic carbocycles. The molecule has 33 heavy (non-hydrogen) atoms. The van der Waals surface area contributed by atoms with Crippen LogP contribution in [0.3, 0.4) is 0 Å². The molecular weight excluding hydrogens is 418 g/mol. The number of nitrogens with one attached hydrogen (secondary N) is 1. The molecule has 1 amide bonds. The maximum absolute atomic E-state index is 12.7. The first kappa shape index (κ1) is 24.1. The number of nitro groups is 1. The molecule has 3 aromatic rings. The highest BCUT2D eigenvalue weighted by Gasteiger charge is 2.22. The van der Waals surface area contributed by atoms with E-state index in [-0.39, 0.29) is 17.6 Å². The highest BCUT2D eigenvalue weighted by molar-refractivity contribution is 5.94. The van der Waals surface area contributed by atoms with Crippen molar-refractivity contribution in [2.45, 2.75) is 39.8 Å². The summed E-state index contributed by atoms with van der Waals surface area (Å²) >= 11 is 0. The van der Waals surface area contributed by atoms with E-state index >= 15 is 0 Å². The number of aryl methyl sites for hydroxylation is 2. The number of benzene rings is 2. The topological polar surface area (TPSA) is 93.3 Å². The number of carbonyl (C=O) groups excluding carboxylic acids is 1. The van der Waals surface area contributed by atoms with Crippen LogP contribution in [-0.4, -0.2) is 46.2 Å². The Bertz CT molecular complexity index is 1120. The Kier molecular flexibility index (Phi) is 7.60. The Morgan fingerprint density at radius 2 is 1.70 bits per heavy atom. The zero-order valence-electron chi connectivity index (χ0n) is 19.8. The summed E-state index contributed by atoms with van der Waals surface area (Å²) in [6, 6.07) is 15.8. The van der Waals surface area contributed by atoms with Crippen molar-refractivity contribution >= 4 is 11.6 Å². The zero-order chi connectivity index (χ0) is 24.1. The third kappa shape index (κ3) is 5.64. The molecule has 8 nitrogen and oxygen atoms in total. The van der Waals surface area contributed by atoms with E-state index in [9.17, 15) is 14.9 Å². The second-order valence-electron chi connectivity index (χ2n) is 8.42. The van der Waals surface area contributed by atoms with Gasteiger partial charge in [0.1, 0.15) is 11.4 Å². The van der Waals surface area contributed by atoms with Gasteiger partial charge in [-0.2, -0.15) is 5.10 Å². The van der Waals surface area contributed by atoms with Gasteiger partial charge >= 0.3 is 5.69 Å². The van der Waals surface area contributed by atoms with Gasteiger partial charge in [-0.3, -0.25) is 19.6 Å². The summed E-state index contributed by atoms with van der Waals surface area (Å²) in [6.07, 6.45) is 0.996. The number of hydrogen-bond acceptors (Lipinski definition) is 5. The molecule has 0 spiro atoms. The van der Waals surface area contributed by atoms with Gasteiger partial charge in [-0.15, -0.1) is 0 Å². The number of amides is 1. The lowest BCUT2D eigenvalue weighted by Gasteiger charge is -2.25. The van der Waals surface area contributed by atoms with Crippen LogP contribution in [0.4, 0.5) is 5.69 Å². The fraction of sp³-hybridized carbons (Fsp3) is 0.360. The van der Waals surface area contributed by atoms with E-state index in [1.54, 1.807) is 30.7 Å². The summed E-state index contributed by atoms with van der Waals surface area (Å²) in [5.74, 6) is -0.139. The first-order valence-corrected chi connectivity index (χ1v) is 11.0. The van der Waals surface area contributed by atoms with Crippen LogP contribution in [0.25, 0.3) is 0 Å². The molecule has 3 rings (SSSR count). The Morgan fingerprint density at radius 1 is 1.09 bits per heavy atom. The van der Waals surface area contributed by atoms with Crippen LogP contribution in [0.1, 0.15) is 51.4 Å². The van der Waals surface area contributed by atoms with Crippen LogP contribution < -0.4 is 5.32 Å². The third-order valence-corrected chi connectivity index (χ3v) is 5.93. The Hall–Kier alpha value is -3.52. The van der Waals surface area contributed by atoms with Gasteiger partial charge in [0.05, 0.1) is 17.5 Å². The van der Waals surface area contributed by atoms with Gasteiger partial charge in [0, 0.05) is 12.1 Å². The third-order valence-electron chi connectivity index (χ3n) is 5.93. The SMILES string of the molecule is CCc1ccc(C(CNC(=O)c2ccc(Cn3nc(C)c([N+](=O)[O-])c3C)cc2)N(C)C)cc1. The number of aromatic nitrogens is 2. The number of carbonyl (C=O) groups is 1. The smallest absolute Gasteiger partial charge is 0.312 e. The molecule has 1 atom stereocenters. The zero-order valence-corrected chi connectivity index (χ0v) is 19.8. The van der Waals surface area contributed by atoms with E-state index in [0.717, 1.165) is 17.5 Å². The molecule has 0 fully saturated rings. The van der Waals surface area contributed by atoms with E-state index in [0.29, 0.717) is 30.0 Å². The summed E-state index contributed by atoms with van der Waals surface area (Å²) in [7, 11) is 4.01. The van der Waals surface area contributed by atoms with Crippen LogP contribution in [-0.2, 0) is 13.0 Å². The van der Waals surface area contributed by atoms with E-state index in [4.69, 9.17) is 0 Å². The molecule has 174 valence electrons. The summed E-state index contributed by atoms with van der Waals surface area (Å²) in [5.41, 5.74) is 4.88. The van der Waals surface area contributed by atoms with Crippen LogP contribution in [0.15, 0.2) is 48.5 Å². The number of nitrogens with zero attached hydrogens (tertiary/aromatic N) is 4. The molecule has 8 heteroatoms. The molecule has 0 aliphatic heterocycles. The van der Waals surface area contributed by atoms with Crippen molar-refractivity contribution < 1.29 is 9.72 Å². The van der Waals surface area contributed by atoms with Gasteiger partial charge in [-0.1, -0.05) is 43.3 Å². The van der Waals surface area contributed by atoms with Crippen molar-refractivity contribution in [3.63, 3.8) is 0 Å². The van der Waals surface area contributed by atoms with Crippen molar-refractivity contribution in [1.29, 1.82) is 0 Å². The fourth-order valence-electron chi connectivity index (χ4n) is 3.91. The van der Waals surface area contributed by atoms with Crippen molar-refractivity contribution in [3.8, 4) is 0 Å². The second-order valence-corrected chi connectivity index (χ2v) is 8.42. The monoisotopic (exact) mass is 449 g/mol. The number of likely N-dealkylation sites (N-methyl/N-ethyl adjacent to an activating group) is 1. The van der Waals surface area contributed by atoms with Gasteiger partial charge in [-0.25, -0.2) is 0 Å². The highest BCUT2D eigenvalue weighted by Crippen LogP contribution is 2.23. The minimum absolute atomic E-state index is 0.0470. The Labute approximate surface area is 194 Å². The maximum atomic E-state index is 12.7. The van der Waals surface area contributed by atoms with E-state index in [2.05, 4.69) is 46.5 Å². The van der Waals surface area contributed by atoms with Gasteiger partial charge in [0.15, 0.2) is 0 Å². The molecular formula is C25H31N5O3. The molecule has 1 unspecified atom stereocenters. The van der Waals surface area contributed by atoms with Crippen LogP contribution in [0, 0.1) is 24.0 Å². The molecule has 0 aliphatic rings. The minimum Gasteiger partial charge on any atom is -0.350 e. The largest absolute Gasteiger partial charge is 0.350 e. The lowest BCUT2D eigenvalue weighted by molar-refractivity contribution is -0.386. The Balaban J connectivity index is 1.65. The van der Waals surface area contributed by atoms with Gasteiger partial charge < -0.3 is 10.2 Å². The fourth-order valence-corrected chi connectivity index (χ4v) is 3.91. The van der Waals surface area contributed by atoms with Gasteiger partial charge in [0.25, 0.3) is 5.91 Å².